The van der Waals surface area contributed by atoms with Gasteiger partial charge in [0.2, 0.25) is 11.7 Å². The molecule has 136 valence electrons. The monoisotopic (exact) mass is 353 g/mol. The van der Waals surface area contributed by atoms with Crippen LogP contribution in [0.15, 0.2) is 48.5 Å². The lowest BCUT2D eigenvalue weighted by atomic mass is 10.1. The molecule has 1 amide bonds. The van der Waals surface area contributed by atoms with Crippen LogP contribution in [0.3, 0.4) is 0 Å². The first-order valence-corrected chi connectivity index (χ1v) is 8.52. The summed E-state index contributed by atoms with van der Waals surface area (Å²) < 4.78 is 5.13. The van der Waals surface area contributed by atoms with Crippen molar-refractivity contribution in [3.8, 4) is 0 Å². The summed E-state index contributed by atoms with van der Waals surface area (Å²) >= 11 is 0. The van der Waals surface area contributed by atoms with Crippen molar-refractivity contribution in [3.63, 3.8) is 0 Å². The molecule has 0 aliphatic rings. The number of rotatable bonds is 7. The molecule has 0 spiro atoms. The van der Waals surface area contributed by atoms with Crippen LogP contribution in [-0.4, -0.2) is 23.8 Å². The summed E-state index contributed by atoms with van der Waals surface area (Å²) in [6.07, 6.45) is -0.964. The van der Waals surface area contributed by atoms with Gasteiger partial charge in [-0.25, -0.2) is 0 Å². The molecule has 5 heteroatoms. The Morgan fingerprint density at radius 2 is 1.65 bits per heavy atom. The van der Waals surface area contributed by atoms with Crippen LogP contribution < -0.4 is 5.32 Å². The van der Waals surface area contributed by atoms with Crippen molar-refractivity contribution < 1.29 is 19.1 Å². The lowest BCUT2D eigenvalue weighted by molar-refractivity contribution is -0.147. The topological polar surface area (TPSA) is 72.5 Å². The molecule has 0 radical (unpaired) electrons. The highest BCUT2D eigenvalue weighted by molar-refractivity contribution is 6.00. The summed E-state index contributed by atoms with van der Waals surface area (Å²) in [5, 5.41) is 2.75. The second-order valence-corrected chi connectivity index (χ2v) is 6.21. The summed E-state index contributed by atoms with van der Waals surface area (Å²) in [5.74, 6) is -1.11. The Kier molecular flexibility index (Phi) is 6.67. The van der Waals surface area contributed by atoms with Crippen LogP contribution in [0.1, 0.15) is 41.3 Å². The van der Waals surface area contributed by atoms with E-state index < -0.39 is 12.1 Å². The maximum atomic E-state index is 12.2. The van der Waals surface area contributed by atoms with Gasteiger partial charge in [-0.05, 0) is 44.0 Å². The molecule has 0 unspecified atom stereocenters. The molecule has 1 atom stereocenters. The SMILES string of the molecule is Cc1ccc(NC(=O)CCC(=O)O[C@@H](C)C(=O)c2ccccc2)cc1C. The molecule has 0 aromatic heterocycles. The number of nitrogens with one attached hydrogen (secondary N) is 1. The number of anilines is 1. The smallest absolute Gasteiger partial charge is 0.307 e. The molecule has 0 bridgehead atoms. The van der Waals surface area contributed by atoms with Gasteiger partial charge in [0.1, 0.15) is 0 Å². The number of esters is 1. The predicted molar refractivity (Wildman–Crippen MR) is 100 cm³/mol. The third-order valence-corrected chi connectivity index (χ3v) is 4.08. The van der Waals surface area contributed by atoms with Crippen LogP contribution in [0.4, 0.5) is 5.69 Å². The lowest BCUT2D eigenvalue weighted by Crippen LogP contribution is -2.25. The van der Waals surface area contributed by atoms with Crippen molar-refractivity contribution in [2.24, 2.45) is 0 Å². The zero-order chi connectivity index (χ0) is 19.1. The van der Waals surface area contributed by atoms with Gasteiger partial charge in [-0.1, -0.05) is 36.4 Å². The molecule has 0 aliphatic heterocycles. The van der Waals surface area contributed by atoms with E-state index in [0.29, 0.717) is 11.3 Å². The Bertz CT molecular complexity index is 799. The molecule has 0 saturated carbocycles. The van der Waals surface area contributed by atoms with Gasteiger partial charge in [0, 0.05) is 17.7 Å². The van der Waals surface area contributed by atoms with Gasteiger partial charge in [0.25, 0.3) is 0 Å². The molecular formula is C21H23NO4. The van der Waals surface area contributed by atoms with E-state index in [1.54, 1.807) is 24.3 Å². The van der Waals surface area contributed by atoms with Gasteiger partial charge in [-0.15, -0.1) is 0 Å². The molecular weight excluding hydrogens is 330 g/mol. The van der Waals surface area contributed by atoms with E-state index in [0.717, 1.165) is 11.1 Å². The van der Waals surface area contributed by atoms with Crippen molar-refractivity contribution in [2.75, 3.05) is 5.32 Å². The normalized spacial score (nSPS) is 11.5. The number of hydrogen-bond acceptors (Lipinski definition) is 4. The van der Waals surface area contributed by atoms with E-state index in [4.69, 9.17) is 4.74 Å². The first-order chi connectivity index (χ1) is 12.4. The van der Waals surface area contributed by atoms with Gasteiger partial charge >= 0.3 is 5.97 Å². The number of benzene rings is 2. The van der Waals surface area contributed by atoms with E-state index in [2.05, 4.69) is 5.32 Å². The van der Waals surface area contributed by atoms with Gasteiger partial charge in [-0.3, -0.25) is 14.4 Å². The average Bonchev–Trinajstić information content (AvgIpc) is 2.63. The van der Waals surface area contributed by atoms with Crippen LogP contribution in [0.2, 0.25) is 0 Å². The maximum Gasteiger partial charge on any atom is 0.307 e. The number of Topliss-reactive ketones (excluding diaryl/α,β-unsaturated/α-hetero) is 1. The zero-order valence-corrected chi connectivity index (χ0v) is 15.2. The minimum absolute atomic E-state index is 0.00198. The molecule has 0 aliphatic carbocycles. The summed E-state index contributed by atoms with van der Waals surface area (Å²) in [6.45, 7) is 5.49. The van der Waals surface area contributed by atoms with Crippen LogP contribution >= 0.6 is 0 Å². The average molecular weight is 353 g/mol. The maximum absolute atomic E-state index is 12.2. The zero-order valence-electron chi connectivity index (χ0n) is 15.2. The lowest BCUT2D eigenvalue weighted by Gasteiger charge is -2.12. The second kappa shape index (κ2) is 8.94. The van der Waals surface area contributed by atoms with Gasteiger partial charge in [0.15, 0.2) is 6.10 Å². The van der Waals surface area contributed by atoms with Crippen molar-refractivity contribution in [3.05, 3.63) is 65.2 Å². The fourth-order valence-corrected chi connectivity index (χ4v) is 2.40. The van der Waals surface area contributed by atoms with Crippen LogP contribution in [-0.2, 0) is 14.3 Å². The first kappa shape index (κ1) is 19.4. The van der Waals surface area contributed by atoms with Crippen molar-refractivity contribution in [1.82, 2.24) is 0 Å². The molecule has 0 saturated heterocycles. The third-order valence-electron chi connectivity index (χ3n) is 4.08. The number of ketones is 1. The summed E-state index contributed by atoms with van der Waals surface area (Å²) in [5.41, 5.74) is 3.40. The number of carbonyl (C=O) groups excluding carboxylic acids is 3. The largest absolute Gasteiger partial charge is 0.454 e. The highest BCUT2D eigenvalue weighted by atomic mass is 16.5. The highest BCUT2D eigenvalue weighted by Gasteiger charge is 2.19. The van der Waals surface area contributed by atoms with E-state index in [-0.39, 0.29) is 24.5 Å². The molecule has 1 N–H and O–H groups in total. The molecule has 0 fully saturated rings. The van der Waals surface area contributed by atoms with Crippen LogP contribution in [0.25, 0.3) is 0 Å². The molecule has 2 aromatic carbocycles. The van der Waals surface area contributed by atoms with E-state index in [9.17, 15) is 14.4 Å². The second-order valence-electron chi connectivity index (χ2n) is 6.21. The van der Waals surface area contributed by atoms with Crippen LogP contribution in [0.5, 0.6) is 0 Å². The summed E-state index contributed by atoms with van der Waals surface area (Å²) in [4.78, 5) is 36.0. The van der Waals surface area contributed by atoms with Crippen molar-refractivity contribution in [2.45, 2.75) is 39.7 Å². The molecule has 26 heavy (non-hydrogen) atoms. The molecule has 2 rings (SSSR count). The predicted octanol–water partition coefficient (Wildman–Crippen LogP) is 3.84. The van der Waals surface area contributed by atoms with Crippen molar-refractivity contribution >= 4 is 23.3 Å². The van der Waals surface area contributed by atoms with Gasteiger partial charge in [-0.2, -0.15) is 0 Å². The Balaban J connectivity index is 1.79. The third kappa shape index (κ3) is 5.55. The summed E-state index contributed by atoms with van der Waals surface area (Å²) in [7, 11) is 0. The van der Waals surface area contributed by atoms with E-state index >= 15 is 0 Å². The quantitative estimate of drug-likeness (QED) is 0.606. The van der Waals surface area contributed by atoms with Gasteiger partial charge < -0.3 is 10.1 Å². The molecule has 2 aromatic rings. The molecule has 0 heterocycles. The summed E-state index contributed by atoms with van der Waals surface area (Å²) in [6, 6.07) is 14.3. The number of amides is 1. The number of ether oxygens (including phenoxy) is 1. The first-order valence-electron chi connectivity index (χ1n) is 8.52. The Morgan fingerprint density at radius 3 is 2.31 bits per heavy atom. The standard InChI is InChI=1S/C21H23NO4/c1-14-9-10-18(13-15(14)2)22-19(23)11-12-20(24)26-16(3)21(25)17-7-5-4-6-8-17/h4-10,13,16H,11-12H2,1-3H3,(H,22,23)/t16-/m0/s1. The highest BCUT2D eigenvalue weighted by Crippen LogP contribution is 2.15. The Hall–Kier alpha value is -2.95. The minimum atomic E-state index is -0.882. The van der Waals surface area contributed by atoms with Crippen LogP contribution in [0, 0.1) is 13.8 Å². The Morgan fingerprint density at radius 1 is 0.962 bits per heavy atom. The van der Waals surface area contributed by atoms with Crippen molar-refractivity contribution in [1.29, 1.82) is 0 Å². The Labute approximate surface area is 153 Å². The fourth-order valence-electron chi connectivity index (χ4n) is 2.40. The van der Waals surface area contributed by atoms with Gasteiger partial charge in [0.05, 0.1) is 6.42 Å². The number of carbonyl (C=O) groups is 3. The minimum Gasteiger partial charge on any atom is -0.454 e. The number of hydrogen-bond donors (Lipinski definition) is 1. The van der Waals surface area contributed by atoms with E-state index in [1.807, 2.05) is 38.1 Å². The fraction of sp³-hybridized carbons (Fsp3) is 0.286. The van der Waals surface area contributed by atoms with E-state index in [1.165, 1.54) is 6.92 Å². The molecule has 5 nitrogen and oxygen atoms in total. The number of aryl methyl sites for hydroxylation is 2.